The van der Waals surface area contributed by atoms with Gasteiger partial charge in [-0.1, -0.05) is 25.0 Å². The van der Waals surface area contributed by atoms with Crippen molar-refractivity contribution in [3.63, 3.8) is 0 Å². The Morgan fingerprint density at radius 2 is 1.65 bits per heavy atom. The summed E-state index contributed by atoms with van der Waals surface area (Å²) >= 11 is 5.30. The molecule has 6 nitrogen and oxygen atoms in total. The van der Waals surface area contributed by atoms with E-state index in [1.54, 1.807) is 36.4 Å². The second kappa shape index (κ2) is 10.9. The molecule has 0 aromatic heterocycles. The summed E-state index contributed by atoms with van der Waals surface area (Å²) in [6.45, 7) is 5.45. The molecule has 2 aromatic rings. The molecular weight excluding hydrogens is 410 g/mol. The van der Waals surface area contributed by atoms with E-state index in [4.69, 9.17) is 17.0 Å². The predicted octanol–water partition coefficient (Wildman–Crippen LogP) is 4.62. The highest BCUT2D eigenvalue weighted by Crippen LogP contribution is 2.17. The van der Waals surface area contributed by atoms with Gasteiger partial charge in [-0.05, 0) is 75.3 Å². The first-order valence-corrected chi connectivity index (χ1v) is 11.1. The van der Waals surface area contributed by atoms with Crippen molar-refractivity contribution in [2.45, 2.75) is 45.6 Å². The maximum Gasteiger partial charge on any atom is 0.257 e. The number of carbonyl (C=O) groups excluding carboxylic acids is 2. The zero-order chi connectivity index (χ0) is 22.2. The van der Waals surface area contributed by atoms with Gasteiger partial charge in [-0.2, -0.15) is 0 Å². The van der Waals surface area contributed by atoms with Crippen molar-refractivity contribution in [2.75, 3.05) is 18.4 Å². The number of anilines is 1. The van der Waals surface area contributed by atoms with E-state index >= 15 is 0 Å². The van der Waals surface area contributed by atoms with Crippen LogP contribution in [-0.4, -0.2) is 41.0 Å². The summed E-state index contributed by atoms with van der Waals surface area (Å²) in [5.41, 5.74) is 1.72. The van der Waals surface area contributed by atoms with Gasteiger partial charge in [-0.25, -0.2) is 0 Å². The molecule has 3 rings (SSSR count). The van der Waals surface area contributed by atoms with Crippen molar-refractivity contribution in [1.29, 1.82) is 0 Å². The molecular formula is C24H29N3O3S. The fourth-order valence-corrected chi connectivity index (χ4v) is 3.72. The highest BCUT2D eigenvalue weighted by atomic mass is 32.1. The molecule has 164 valence electrons. The molecule has 1 fully saturated rings. The number of nitrogens with zero attached hydrogens (tertiary/aromatic N) is 1. The Morgan fingerprint density at radius 1 is 0.968 bits per heavy atom. The molecule has 0 aliphatic carbocycles. The summed E-state index contributed by atoms with van der Waals surface area (Å²) in [6.07, 6.45) is 4.45. The quantitative estimate of drug-likeness (QED) is 0.666. The van der Waals surface area contributed by atoms with Crippen LogP contribution in [0.4, 0.5) is 5.69 Å². The minimum absolute atomic E-state index is 0.0188. The van der Waals surface area contributed by atoms with Crippen LogP contribution in [0, 0.1) is 0 Å². The van der Waals surface area contributed by atoms with Gasteiger partial charge in [0.2, 0.25) is 0 Å². The summed E-state index contributed by atoms with van der Waals surface area (Å²) in [5.74, 6) is 0.326. The average molecular weight is 440 g/mol. The molecule has 2 N–H and O–H groups in total. The molecule has 0 unspecified atom stereocenters. The van der Waals surface area contributed by atoms with Crippen LogP contribution in [0.1, 0.15) is 60.2 Å². The maximum absolute atomic E-state index is 12.8. The van der Waals surface area contributed by atoms with E-state index in [-0.39, 0.29) is 23.0 Å². The molecule has 0 radical (unpaired) electrons. The van der Waals surface area contributed by atoms with E-state index < -0.39 is 0 Å². The molecule has 2 aromatic carbocycles. The lowest BCUT2D eigenvalue weighted by atomic mass is 10.1. The molecule has 1 heterocycles. The summed E-state index contributed by atoms with van der Waals surface area (Å²) in [5, 5.41) is 5.84. The van der Waals surface area contributed by atoms with E-state index in [1.165, 1.54) is 12.8 Å². The molecule has 0 spiro atoms. The lowest BCUT2D eigenvalue weighted by molar-refractivity contribution is 0.0761. The van der Waals surface area contributed by atoms with E-state index in [2.05, 4.69) is 10.6 Å². The third kappa shape index (κ3) is 6.79. The lowest BCUT2D eigenvalue weighted by Crippen LogP contribution is -2.34. The van der Waals surface area contributed by atoms with Crippen LogP contribution in [0.25, 0.3) is 0 Å². The number of ether oxygens (including phenoxy) is 1. The van der Waals surface area contributed by atoms with Crippen molar-refractivity contribution in [2.24, 2.45) is 0 Å². The van der Waals surface area contributed by atoms with Crippen LogP contribution in [-0.2, 0) is 0 Å². The smallest absolute Gasteiger partial charge is 0.257 e. The number of hydrogen-bond acceptors (Lipinski definition) is 4. The van der Waals surface area contributed by atoms with Crippen LogP contribution in [0.15, 0.2) is 48.5 Å². The lowest BCUT2D eigenvalue weighted by Gasteiger charge is -2.20. The molecule has 1 aliphatic rings. The fraction of sp³-hybridized carbons (Fsp3) is 0.375. The van der Waals surface area contributed by atoms with Gasteiger partial charge in [0.1, 0.15) is 5.75 Å². The Morgan fingerprint density at radius 3 is 2.35 bits per heavy atom. The standard InChI is InChI=1S/C24H29N3O3S/c1-17(2)30-21-12-8-9-18(16-21)22(28)26-24(31)25-20-11-7-10-19(15-20)23(29)27-13-5-3-4-6-14-27/h7-12,15-17H,3-6,13-14H2,1-2H3,(H2,25,26,28,31). The van der Waals surface area contributed by atoms with Crippen molar-refractivity contribution < 1.29 is 14.3 Å². The van der Waals surface area contributed by atoms with Crippen LogP contribution >= 0.6 is 12.2 Å². The first kappa shape index (κ1) is 22.7. The summed E-state index contributed by atoms with van der Waals surface area (Å²) in [4.78, 5) is 27.3. The SMILES string of the molecule is CC(C)Oc1cccc(C(=O)NC(=S)Nc2cccc(C(=O)N3CCCCCC3)c2)c1. The van der Waals surface area contributed by atoms with Crippen molar-refractivity contribution in [1.82, 2.24) is 10.2 Å². The molecule has 0 atom stereocenters. The van der Waals surface area contributed by atoms with Gasteiger partial charge >= 0.3 is 0 Å². The van der Waals surface area contributed by atoms with Crippen molar-refractivity contribution in [3.8, 4) is 5.75 Å². The Balaban J connectivity index is 1.61. The first-order chi connectivity index (χ1) is 14.9. The number of carbonyl (C=O) groups is 2. The molecule has 0 saturated carbocycles. The van der Waals surface area contributed by atoms with Gasteiger partial charge in [-0.3, -0.25) is 14.9 Å². The van der Waals surface area contributed by atoms with Crippen LogP contribution in [0.2, 0.25) is 0 Å². The number of nitrogens with one attached hydrogen (secondary N) is 2. The van der Waals surface area contributed by atoms with Crippen molar-refractivity contribution >= 4 is 34.8 Å². The molecule has 1 aliphatic heterocycles. The minimum atomic E-state index is -0.330. The maximum atomic E-state index is 12.8. The highest BCUT2D eigenvalue weighted by Gasteiger charge is 2.18. The first-order valence-electron chi connectivity index (χ1n) is 10.7. The second-order valence-electron chi connectivity index (χ2n) is 7.89. The third-order valence-electron chi connectivity index (χ3n) is 4.96. The highest BCUT2D eigenvalue weighted by molar-refractivity contribution is 7.80. The Labute approximate surface area is 189 Å². The van der Waals surface area contributed by atoms with E-state index in [0.717, 1.165) is 25.9 Å². The van der Waals surface area contributed by atoms with Crippen LogP contribution < -0.4 is 15.4 Å². The van der Waals surface area contributed by atoms with Crippen LogP contribution in [0.5, 0.6) is 5.75 Å². The predicted molar refractivity (Wildman–Crippen MR) is 127 cm³/mol. The van der Waals surface area contributed by atoms with Gasteiger partial charge < -0.3 is 15.0 Å². The van der Waals surface area contributed by atoms with Gasteiger partial charge in [0, 0.05) is 29.9 Å². The number of benzene rings is 2. The van der Waals surface area contributed by atoms with E-state index in [9.17, 15) is 9.59 Å². The average Bonchev–Trinajstić information content (AvgIpc) is 3.02. The van der Waals surface area contributed by atoms with Gasteiger partial charge in [-0.15, -0.1) is 0 Å². The number of rotatable bonds is 5. The van der Waals surface area contributed by atoms with Gasteiger partial charge in [0.05, 0.1) is 6.10 Å². The minimum Gasteiger partial charge on any atom is -0.491 e. The molecule has 31 heavy (non-hydrogen) atoms. The zero-order valence-electron chi connectivity index (χ0n) is 18.0. The monoisotopic (exact) mass is 439 g/mol. The number of likely N-dealkylation sites (tertiary alicyclic amines) is 1. The summed E-state index contributed by atoms with van der Waals surface area (Å²) < 4.78 is 5.63. The number of hydrogen-bond donors (Lipinski definition) is 2. The van der Waals surface area contributed by atoms with E-state index in [0.29, 0.717) is 22.6 Å². The molecule has 1 saturated heterocycles. The Bertz CT molecular complexity index is 937. The fourth-order valence-electron chi connectivity index (χ4n) is 3.51. The summed E-state index contributed by atoms with van der Waals surface area (Å²) in [6, 6.07) is 14.1. The van der Waals surface area contributed by atoms with Crippen LogP contribution in [0.3, 0.4) is 0 Å². The Kier molecular flexibility index (Phi) is 8.00. The number of amides is 2. The molecule has 2 amide bonds. The second-order valence-corrected chi connectivity index (χ2v) is 8.30. The third-order valence-corrected chi connectivity index (χ3v) is 5.16. The molecule has 0 bridgehead atoms. The van der Waals surface area contributed by atoms with Crippen molar-refractivity contribution in [3.05, 3.63) is 59.7 Å². The molecule has 7 heteroatoms. The van der Waals surface area contributed by atoms with Gasteiger partial charge in [0.25, 0.3) is 11.8 Å². The summed E-state index contributed by atoms with van der Waals surface area (Å²) in [7, 11) is 0. The normalized spacial score (nSPS) is 14.0. The Hall–Kier alpha value is -2.93. The zero-order valence-corrected chi connectivity index (χ0v) is 18.8. The van der Waals surface area contributed by atoms with E-state index in [1.807, 2.05) is 30.9 Å². The van der Waals surface area contributed by atoms with Gasteiger partial charge in [0.15, 0.2) is 5.11 Å². The topological polar surface area (TPSA) is 70.7 Å². The number of thiocarbonyl (C=S) groups is 1. The largest absolute Gasteiger partial charge is 0.491 e.